The molecule has 1 fully saturated rings. The van der Waals surface area contributed by atoms with Crippen LogP contribution in [0.25, 0.3) is 0 Å². The zero-order valence-corrected chi connectivity index (χ0v) is 14.1. The Morgan fingerprint density at radius 1 is 1.21 bits per heavy atom. The number of piperazine rings is 1. The predicted octanol–water partition coefficient (Wildman–Crippen LogP) is 2.25. The summed E-state index contributed by atoms with van der Waals surface area (Å²) in [5, 5.41) is 3.49. The molecule has 2 heterocycles. The molecule has 1 aliphatic rings. The molecule has 1 N–H and O–H groups in total. The van der Waals surface area contributed by atoms with Gasteiger partial charge in [-0.25, -0.2) is 0 Å². The number of aromatic nitrogens is 1. The van der Waals surface area contributed by atoms with Crippen LogP contribution in [0.2, 0.25) is 0 Å². The van der Waals surface area contributed by atoms with E-state index in [0.29, 0.717) is 19.3 Å². The van der Waals surface area contributed by atoms with Gasteiger partial charge in [0.15, 0.2) is 0 Å². The third-order valence-electron chi connectivity index (χ3n) is 4.29. The van der Waals surface area contributed by atoms with Crippen LogP contribution in [0.5, 0.6) is 5.75 Å². The Morgan fingerprint density at radius 2 is 2.08 bits per heavy atom. The zero-order chi connectivity index (χ0) is 16.6. The summed E-state index contributed by atoms with van der Waals surface area (Å²) in [6, 6.07) is 12.9. The predicted molar refractivity (Wildman–Crippen MR) is 94.1 cm³/mol. The number of ether oxygens (including phenoxy) is 2. The van der Waals surface area contributed by atoms with Gasteiger partial charge in [0.2, 0.25) is 0 Å². The number of benzene rings is 1. The zero-order valence-electron chi connectivity index (χ0n) is 14.1. The summed E-state index contributed by atoms with van der Waals surface area (Å²) in [5.74, 6) is 0.889. The molecule has 0 spiro atoms. The van der Waals surface area contributed by atoms with Crippen molar-refractivity contribution in [2.24, 2.45) is 0 Å². The smallest absolute Gasteiger partial charge is 0.119 e. The van der Waals surface area contributed by atoms with Crippen LogP contribution in [0.3, 0.4) is 0 Å². The van der Waals surface area contributed by atoms with E-state index in [1.54, 1.807) is 7.11 Å². The summed E-state index contributed by atoms with van der Waals surface area (Å²) in [6.45, 7) is 5.14. The minimum atomic E-state index is 0.366. The lowest BCUT2D eigenvalue weighted by molar-refractivity contribution is 0.146. The molecule has 128 valence electrons. The summed E-state index contributed by atoms with van der Waals surface area (Å²) >= 11 is 0. The van der Waals surface area contributed by atoms with Crippen molar-refractivity contribution in [3.63, 3.8) is 0 Å². The van der Waals surface area contributed by atoms with Gasteiger partial charge in [0.05, 0.1) is 6.61 Å². The molecule has 1 aromatic carbocycles. The molecule has 1 saturated heterocycles. The van der Waals surface area contributed by atoms with Gasteiger partial charge in [0.1, 0.15) is 12.4 Å². The quantitative estimate of drug-likeness (QED) is 0.791. The highest BCUT2D eigenvalue weighted by Crippen LogP contribution is 2.24. The molecular weight excluding hydrogens is 302 g/mol. The Balaban J connectivity index is 1.63. The SMILES string of the molecule is COCCOc1ccc(CN2CCNCC2c2cccnc2)cc1. The second-order valence-corrected chi connectivity index (χ2v) is 5.96. The van der Waals surface area contributed by atoms with E-state index in [9.17, 15) is 0 Å². The van der Waals surface area contributed by atoms with Crippen molar-refractivity contribution in [2.75, 3.05) is 40.0 Å². The third-order valence-corrected chi connectivity index (χ3v) is 4.29. The van der Waals surface area contributed by atoms with Gasteiger partial charge in [-0.3, -0.25) is 9.88 Å². The van der Waals surface area contributed by atoms with Crippen molar-refractivity contribution in [1.82, 2.24) is 15.2 Å². The first-order chi connectivity index (χ1) is 11.9. The van der Waals surface area contributed by atoms with Crippen molar-refractivity contribution >= 4 is 0 Å². The topological polar surface area (TPSA) is 46.6 Å². The van der Waals surface area contributed by atoms with Crippen LogP contribution in [-0.4, -0.2) is 49.8 Å². The fourth-order valence-corrected chi connectivity index (χ4v) is 3.01. The molecule has 1 aromatic heterocycles. The first-order valence-electron chi connectivity index (χ1n) is 8.42. The molecule has 0 amide bonds. The van der Waals surface area contributed by atoms with E-state index in [1.165, 1.54) is 11.1 Å². The Labute approximate surface area is 143 Å². The van der Waals surface area contributed by atoms with E-state index in [2.05, 4.69) is 33.4 Å². The first kappa shape index (κ1) is 16.9. The lowest BCUT2D eigenvalue weighted by Crippen LogP contribution is -2.45. The lowest BCUT2D eigenvalue weighted by Gasteiger charge is -2.36. The van der Waals surface area contributed by atoms with Crippen LogP contribution < -0.4 is 10.1 Å². The van der Waals surface area contributed by atoms with Crippen molar-refractivity contribution in [3.05, 3.63) is 59.9 Å². The maximum absolute atomic E-state index is 5.62. The minimum Gasteiger partial charge on any atom is -0.491 e. The van der Waals surface area contributed by atoms with Gasteiger partial charge in [-0.1, -0.05) is 18.2 Å². The molecule has 5 nitrogen and oxygen atoms in total. The van der Waals surface area contributed by atoms with E-state index < -0.39 is 0 Å². The maximum atomic E-state index is 5.62. The second kappa shape index (κ2) is 8.78. The highest BCUT2D eigenvalue weighted by atomic mass is 16.5. The van der Waals surface area contributed by atoms with E-state index in [1.807, 2.05) is 30.6 Å². The molecule has 2 aromatic rings. The number of nitrogens with zero attached hydrogens (tertiary/aromatic N) is 2. The average molecular weight is 327 g/mol. The van der Waals surface area contributed by atoms with Gasteiger partial charge >= 0.3 is 0 Å². The molecule has 3 rings (SSSR count). The number of hydrogen-bond donors (Lipinski definition) is 1. The fourth-order valence-electron chi connectivity index (χ4n) is 3.01. The van der Waals surface area contributed by atoms with Gasteiger partial charge in [-0.05, 0) is 29.3 Å². The molecule has 5 heteroatoms. The Hall–Kier alpha value is -1.95. The molecular formula is C19H25N3O2. The second-order valence-electron chi connectivity index (χ2n) is 5.96. The largest absolute Gasteiger partial charge is 0.491 e. The van der Waals surface area contributed by atoms with Gasteiger partial charge in [-0.2, -0.15) is 0 Å². The third kappa shape index (κ3) is 4.54. The molecule has 1 unspecified atom stereocenters. The maximum Gasteiger partial charge on any atom is 0.119 e. The van der Waals surface area contributed by atoms with Crippen molar-refractivity contribution in [1.29, 1.82) is 0 Å². The number of nitrogens with one attached hydrogen (secondary N) is 1. The first-order valence-corrected chi connectivity index (χ1v) is 8.42. The van der Waals surface area contributed by atoms with Crippen LogP contribution in [-0.2, 0) is 11.3 Å². The molecule has 24 heavy (non-hydrogen) atoms. The standard InChI is InChI=1S/C19H25N3O2/c1-23-11-12-24-18-6-4-16(5-7-18)15-22-10-9-21-14-19(22)17-3-2-8-20-13-17/h2-8,13,19,21H,9-12,14-15H2,1H3. The Morgan fingerprint density at radius 3 is 2.83 bits per heavy atom. The van der Waals surface area contributed by atoms with Crippen LogP contribution in [0.15, 0.2) is 48.8 Å². The summed E-state index contributed by atoms with van der Waals surface area (Å²) in [4.78, 5) is 6.78. The minimum absolute atomic E-state index is 0.366. The van der Waals surface area contributed by atoms with Crippen LogP contribution in [0.1, 0.15) is 17.2 Å². The number of hydrogen-bond acceptors (Lipinski definition) is 5. The van der Waals surface area contributed by atoms with E-state index in [-0.39, 0.29) is 0 Å². The summed E-state index contributed by atoms with van der Waals surface area (Å²) < 4.78 is 10.6. The summed E-state index contributed by atoms with van der Waals surface area (Å²) in [7, 11) is 1.68. The average Bonchev–Trinajstić information content (AvgIpc) is 2.65. The summed E-state index contributed by atoms with van der Waals surface area (Å²) in [5.41, 5.74) is 2.56. The van der Waals surface area contributed by atoms with Crippen LogP contribution >= 0.6 is 0 Å². The number of rotatable bonds is 7. The van der Waals surface area contributed by atoms with Crippen molar-refractivity contribution in [3.8, 4) is 5.75 Å². The van der Waals surface area contributed by atoms with Crippen LogP contribution in [0.4, 0.5) is 0 Å². The van der Waals surface area contributed by atoms with E-state index in [0.717, 1.165) is 31.9 Å². The lowest BCUT2D eigenvalue weighted by atomic mass is 10.0. The molecule has 0 saturated carbocycles. The Bertz CT molecular complexity index is 604. The Kier molecular flexibility index (Phi) is 6.18. The number of pyridine rings is 1. The number of methoxy groups -OCH3 is 1. The van der Waals surface area contributed by atoms with Gasteiger partial charge in [-0.15, -0.1) is 0 Å². The van der Waals surface area contributed by atoms with Gasteiger partial charge in [0.25, 0.3) is 0 Å². The van der Waals surface area contributed by atoms with Crippen molar-refractivity contribution < 1.29 is 9.47 Å². The highest BCUT2D eigenvalue weighted by molar-refractivity contribution is 5.27. The molecule has 1 atom stereocenters. The molecule has 0 radical (unpaired) electrons. The molecule has 0 aliphatic carbocycles. The molecule has 1 aliphatic heterocycles. The van der Waals surface area contributed by atoms with Gasteiger partial charge in [0, 0.05) is 51.7 Å². The normalized spacial score (nSPS) is 18.5. The fraction of sp³-hybridized carbons (Fsp3) is 0.421. The van der Waals surface area contributed by atoms with E-state index >= 15 is 0 Å². The highest BCUT2D eigenvalue weighted by Gasteiger charge is 2.23. The monoisotopic (exact) mass is 327 g/mol. The van der Waals surface area contributed by atoms with Gasteiger partial charge < -0.3 is 14.8 Å². The van der Waals surface area contributed by atoms with E-state index in [4.69, 9.17) is 9.47 Å². The van der Waals surface area contributed by atoms with Crippen molar-refractivity contribution in [2.45, 2.75) is 12.6 Å². The van der Waals surface area contributed by atoms with Crippen LogP contribution in [0, 0.1) is 0 Å². The summed E-state index contributed by atoms with van der Waals surface area (Å²) in [6.07, 6.45) is 3.80. The molecule has 0 bridgehead atoms.